The first kappa shape index (κ1) is 13.8. The van der Waals surface area contributed by atoms with Crippen molar-refractivity contribution in [1.82, 2.24) is 10.6 Å². The van der Waals surface area contributed by atoms with E-state index in [9.17, 15) is 4.79 Å². The minimum absolute atomic E-state index is 0.141. The second kappa shape index (κ2) is 7.17. The van der Waals surface area contributed by atoms with Crippen molar-refractivity contribution in [3.63, 3.8) is 0 Å². The zero-order chi connectivity index (χ0) is 11.9. The molecule has 1 heterocycles. The molecule has 0 bridgehead atoms. The van der Waals surface area contributed by atoms with Gasteiger partial charge in [-0.1, -0.05) is 6.92 Å². The van der Waals surface area contributed by atoms with Crippen molar-refractivity contribution in [2.45, 2.75) is 32.6 Å². The van der Waals surface area contributed by atoms with Crippen LogP contribution in [-0.4, -0.2) is 37.6 Å². The summed E-state index contributed by atoms with van der Waals surface area (Å²) < 4.78 is 0. The van der Waals surface area contributed by atoms with Gasteiger partial charge in [0.2, 0.25) is 5.91 Å². The molecule has 0 aromatic heterocycles. The number of amides is 1. The molecule has 1 aliphatic rings. The molecule has 1 rings (SSSR count). The van der Waals surface area contributed by atoms with E-state index in [0.29, 0.717) is 0 Å². The van der Waals surface area contributed by atoms with Crippen molar-refractivity contribution >= 4 is 17.7 Å². The van der Waals surface area contributed by atoms with Crippen LogP contribution in [0.5, 0.6) is 0 Å². The van der Waals surface area contributed by atoms with E-state index < -0.39 is 0 Å². The standard InChI is InChI=1S/C12H24N2OS/c1-3-12(6-4-7-13-10-12)11(15)14-8-5-9-16-2/h13H,3-10H2,1-2H3,(H,14,15). The monoisotopic (exact) mass is 244 g/mol. The van der Waals surface area contributed by atoms with E-state index in [4.69, 9.17) is 0 Å². The number of piperidine rings is 1. The number of carbonyl (C=O) groups is 1. The van der Waals surface area contributed by atoms with E-state index in [1.807, 2.05) is 11.8 Å². The van der Waals surface area contributed by atoms with Crippen molar-refractivity contribution in [2.75, 3.05) is 31.6 Å². The summed E-state index contributed by atoms with van der Waals surface area (Å²) in [7, 11) is 0. The van der Waals surface area contributed by atoms with E-state index in [1.165, 1.54) is 0 Å². The fourth-order valence-corrected chi connectivity index (χ4v) is 2.66. The average molecular weight is 244 g/mol. The van der Waals surface area contributed by atoms with Crippen LogP contribution < -0.4 is 10.6 Å². The molecule has 1 fully saturated rings. The van der Waals surface area contributed by atoms with Crippen LogP contribution in [0.3, 0.4) is 0 Å². The smallest absolute Gasteiger partial charge is 0.227 e. The molecule has 94 valence electrons. The lowest BCUT2D eigenvalue weighted by atomic mass is 9.77. The number of rotatable bonds is 6. The van der Waals surface area contributed by atoms with E-state index >= 15 is 0 Å². The van der Waals surface area contributed by atoms with Crippen LogP contribution >= 0.6 is 11.8 Å². The molecule has 16 heavy (non-hydrogen) atoms. The first-order valence-corrected chi connectivity index (χ1v) is 7.62. The molecule has 0 aromatic rings. The minimum Gasteiger partial charge on any atom is -0.356 e. The molecule has 1 saturated heterocycles. The van der Waals surface area contributed by atoms with Crippen molar-refractivity contribution < 1.29 is 4.79 Å². The van der Waals surface area contributed by atoms with Gasteiger partial charge in [-0.15, -0.1) is 0 Å². The SMILES string of the molecule is CCC1(C(=O)NCCCSC)CCCNC1. The van der Waals surface area contributed by atoms with Gasteiger partial charge < -0.3 is 10.6 Å². The summed E-state index contributed by atoms with van der Waals surface area (Å²) in [5.74, 6) is 1.38. The van der Waals surface area contributed by atoms with Crippen LogP contribution in [0.1, 0.15) is 32.6 Å². The van der Waals surface area contributed by atoms with Crippen LogP contribution in [0.25, 0.3) is 0 Å². The first-order valence-electron chi connectivity index (χ1n) is 6.23. The third-order valence-electron chi connectivity index (χ3n) is 3.44. The Balaban J connectivity index is 2.36. The van der Waals surface area contributed by atoms with Gasteiger partial charge in [0, 0.05) is 13.1 Å². The largest absolute Gasteiger partial charge is 0.356 e. The Bertz CT molecular complexity index is 215. The Labute approximate surface area is 103 Å². The maximum Gasteiger partial charge on any atom is 0.227 e. The Morgan fingerprint density at radius 2 is 2.38 bits per heavy atom. The predicted octanol–water partition coefficient (Wildman–Crippen LogP) is 1.64. The van der Waals surface area contributed by atoms with E-state index in [0.717, 1.165) is 51.1 Å². The van der Waals surface area contributed by atoms with Crippen LogP contribution in [0.15, 0.2) is 0 Å². The highest BCUT2D eigenvalue weighted by molar-refractivity contribution is 7.98. The molecular weight excluding hydrogens is 220 g/mol. The van der Waals surface area contributed by atoms with E-state index in [-0.39, 0.29) is 11.3 Å². The second-order valence-corrected chi connectivity index (χ2v) is 5.50. The fourth-order valence-electron chi connectivity index (χ4n) is 2.23. The van der Waals surface area contributed by atoms with Crippen LogP contribution in [0.4, 0.5) is 0 Å². The second-order valence-electron chi connectivity index (χ2n) is 4.52. The first-order chi connectivity index (χ1) is 7.75. The van der Waals surface area contributed by atoms with Gasteiger partial charge in [-0.25, -0.2) is 0 Å². The topological polar surface area (TPSA) is 41.1 Å². The highest BCUT2D eigenvalue weighted by atomic mass is 32.2. The van der Waals surface area contributed by atoms with Gasteiger partial charge in [-0.05, 0) is 44.2 Å². The summed E-state index contributed by atoms with van der Waals surface area (Å²) in [6.45, 7) is 4.84. The van der Waals surface area contributed by atoms with Crippen molar-refractivity contribution in [3.05, 3.63) is 0 Å². The van der Waals surface area contributed by atoms with E-state index in [1.54, 1.807) is 0 Å². The van der Waals surface area contributed by atoms with Gasteiger partial charge in [0.15, 0.2) is 0 Å². The maximum absolute atomic E-state index is 12.2. The van der Waals surface area contributed by atoms with Gasteiger partial charge in [0.1, 0.15) is 0 Å². The van der Waals surface area contributed by atoms with Crippen molar-refractivity contribution in [1.29, 1.82) is 0 Å². The third kappa shape index (κ3) is 3.67. The number of carbonyl (C=O) groups excluding carboxylic acids is 1. The molecule has 2 N–H and O–H groups in total. The van der Waals surface area contributed by atoms with Crippen molar-refractivity contribution in [3.8, 4) is 0 Å². The number of thioether (sulfide) groups is 1. The number of hydrogen-bond acceptors (Lipinski definition) is 3. The molecule has 1 aliphatic heterocycles. The number of nitrogens with one attached hydrogen (secondary N) is 2. The maximum atomic E-state index is 12.2. The van der Waals surface area contributed by atoms with Gasteiger partial charge in [-0.3, -0.25) is 4.79 Å². The summed E-state index contributed by atoms with van der Waals surface area (Å²) in [6, 6.07) is 0. The molecule has 0 aliphatic carbocycles. The van der Waals surface area contributed by atoms with Crippen LogP contribution in [0, 0.1) is 5.41 Å². The normalized spacial score (nSPS) is 25.4. The molecule has 0 radical (unpaired) electrons. The van der Waals surface area contributed by atoms with Gasteiger partial charge in [0.25, 0.3) is 0 Å². The average Bonchev–Trinajstić information content (AvgIpc) is 2.35. The summed E-state index contributed by atoms with van der Waals surface area (Å²) in [4.78, 5) is 12.2. The molecule has 0 saturated carbocycles. The summed E-state index contributed by atoms with van der Waals surface area (Å²) in [6.07, 6.45) is 6.26. The Hall–Kier alpha value is -0.220. The van der Waals surface area contributed by atoms with Gasteiger partial charge in [-0.2, -0.15) is 11.8 Å². The molecule has 1 atom stereocenters. The summed E-state index contributed by atoms with van der Waals surface area (Å²) in [5, 5.41) is 6.43. The molecule has 1 amide bonds. The van der Waals surface area contributed by atoms with Crippen molar-refractivity contribution in [2.24, 2.45) is 5.41 Å². The zero-order valence-corrected chi connectivity index (χ0v) is 11.3. The quantitative estimate of drug-likeness (QED) is 0.698. The van der Waals surface area contributed by atoms with Gasteiger partial charge in [0.05, 0.1) is 5.41 Å². The Kier molecular flexibility index (Phi) is 6.21. The molecule has 0 spiro atoms. The minimum atomic E-state index is -0.141. The fraction of sp³-hybridized carbons (Fsp3) is 0.917. The highest BCUT2D eigenvalue weighted by Crippen LogP contribution is 2.30. The van der Waals surface area contributed by atoms with Gasteiger partial charge >= 0.3 is 0 Å². The summed E-state index contributed by atoms with van der Waals surface area (Å²) >= 11 is 1.83. The zero-order valence-electron chi connectivity index (χ0n) is 10.5. The lowest BCUT2D eigenvalue weighted by molar-refractivity contribution is -0.132. The molecule has 4 heteroatoms. The lowest BCUT2D eigenvalue weighted by Gasteiger charge is -2.35. The molecular formula is C12H24N2OS. The highest BCUT2D eigenvalue weighted by Gasteiger charge is 2.37. The van der Waals surface area contributed by atoms with Crippen LogP contribution in [-0.2, 0) is 4.79 Å². The van der Waals surface area contributed by atoms with Crippen LogP contribution in [0.2, 0.25) is 0 Å². The Morgan fingerprint density at radius 1 is 1.56 bits per heavy atom. The lowest BCUT2D eigenvalue weighted by Crippen LogP contribution is -2.50. The number of hydrogen-bond donors (Lipinski definition) is 2. The molecule has 1 unspecified atom stereocenters. The third-order valence-corrected chi connectivity index (χ3v) is 4.14. The predicted molar refractivity (Wildman–Crippen MR) is 70.8 cm³/mol. The van der Waals surface area contributed by atoms with E-state index in [2.05, 4.69) is 23.8 Å². The Morgan fingerprint density at radius 3 is 2.94 bits per heavy atom. The molecule has 3 nitrogen and oxygen atoms in total. The molecule has 0 aromatic carbocycles. The summed E-state index contributed by atoms with van der Waals surface area (Å²) in [5.41, 5.74) is -0.141.